The Hall–Kier alpha value is -1.12. The van der Waals surface area contributed by atoms with Crippen LogP contribution in [0.5, 0.6) is 0 Å². The van der Waals surface area contributed by atoms with Gasteiger partial charge in [-0.2, -0.15) is 0 Å². The summed E-state index contributed by atoms with van der Waals surface area (Å²) in [4.78, 5) is 10.9. The molecule has 0 saturated carbocycles. The summed E-state index contributed by atoms with van der Waals surface area (Å²) in [6.45, 7) is 6.90. The zero-order valence-corrected chi connectivity index (χ0v) is 8.00. The highest BCUT2D eigenvalue weighted by Crippen LogP contribution is 2.09. The van der Waals surface area contributed by atoms with Gasteiger partial charge in [-0.05, 0) is 6.92 Å². The maximum absolute atomic E-state index is 13.0. The number of esters is 1. The van der Waals surface area contributed by atoms with E-state index < -0.39 is 18.1 Å². The van der Waals surface area contributed by atoms with Crippen molar-refractivity contribution < 1.29 is 13.9 Å². The first-order chi connectivity index (χ1) is 6.13. The molecule has 74 valence electrons. The Balaban J connectivity index is 3.88. The molecule has 0 amide bonds. The van der Waals surface area contributed by atoms with E-state index in [0.717, 1.165) is 0 Å². The number of allylic oxidation sites excluding steroid dienone is 2. The Morgan fingerprint density at radius 1 is 1.69 bits per heavy atom. The van der Waals surface area contributed by atoms with Crippen molar-refractivity contribution in [3.05, 3.63) is 24.8 Å². The Bertz CT molecular complexity index is 199. The fourth-order valence-electron chi connectivity index (χ4n) is 0.640. The molecule has 3 heteroatoms. The largest absolute Gasteiger partial charge is 0.459 e. The second kappa shape index (κ2) is 6.40. The average molecular weight is 186 g/mol. The van der Waals surface area contributed by atoms with E-state index in [1.807, 2.05) is 0 Å². The van der Waals surface area contributed by atoms with E-state index in [9.17, 15) is 9.18 Å². The third-order valence-electron chi connectivity index (χ3n) is 1.62. The Morgan fingerprint density at radius 2 is 2.31 bits per heavy atom. The van der Waals surface area contributed by atoms with Gasteiger partial charge in [0.1, 0.15) is 6.61 Å². The molecular weight excluding hydrogens is 171 g/mol. The van der Waals surface area contributed by atoms with Gasteiger partial charge in [-0.15, -0.1) is 6.58 Å². The number of ether oxygens (including phenoxy) is 1. The van der Waals surface area contributed by atoms with Gasteiger partial charge < -0.3 is 4.74 Å². The van der Waals surface area contributed by atoms with Crippen LogP contribution in [0.15, 0.2) is 24.8 Å². The van der Waals surface area contributed by atoms with Crippen molar-refractivity contribution in [2.45, 2.75) is 20.0 Å². The van der Waals surface area contributed by atoms with Crippen LogP contribution in [-0.4, -0.2) is 18.7 Å². The molecule has 0 spiro atoms. The van der Waals surface area contributed by atoms with Crippen LogP contribution < -0.4 is 0 Å². The molecule has 0 N–H and O–H groups in total. The zero-order chi connectivity index (χ0) is 10.3. The van der Waals surface area contributed by atoms with Gasteiger partial charge in [0.15, 0.2) is 0 Å². The summed E-state index contributed by atoms with van der Waals surface area (Å²) in [5.41, 5.74) is 0. The molecule has 0 bridgehead atoms. The van der Waals surface area contributed by atoms with Crippen LogP contribution in [-0.2, 0) is 9.53 Å². The van der Waals surface area contributed by atoms with Crippen molar-refractivity contribution in [1.29, 1.82) is 0 Å². The summed E-state index contributed by atoms with van der Waals surface area (Å²) in [6, 6.07) is 0. The molecule has 0 fully saturated rings. The maximum Gasteiger partial charge on any atom is 0.341 e. The molecule has 2 nitrogen and oxygen atoms in total. The quantitative estimate of drug-likeness (QED) is 0.486. The number of halogens is 1. The molecule has 0 rings (SSSR count). The highest BCUT2D eigenvalue weighted by molar-refractivity contribution is 5.75. The van der Waals surface area contributed by atoms with Crippen LogP contribution in [0.25, 0.3) is 0 Å². The second-order valence-corrected chi connectivity index (χ2v) is 2.70. The van der Waals surface area contributed by atoms with Crippen molar-refractivity contribution in [2.75, 3.05) is 6.61 Å². The number of rotatable bonds is 5. The van der Waals surface area contributed by atoms with Crippen molar-refractivity contribution in [3.63, 3.8) is 0 Å². The topological polar surface area (TPSA) is 26.3 Å². The summed E-state index contributed by atoms with van der Waals surface area (Å²) in [5, 5.41) is 0. The molecule has 0 radical (unpaired) electrons. The van der Waals surface area contributed by atoms with Gasteiger partial charge in [0, 0.05) is 5.92 Å². The molecular formula is C10H15FO2. The van der Waals surface area contributed by atoms with E-state index in [1.165, 1.54) is 6.08 Å². The van der Waals surface area contributed by atoms with E-state index in [0.29, 0.717) is 0 Å². The number of carbonyl (C=O) groups excluding carboxylic acids is 1. The van der Waals surface area contributed by atoms with E-state index in [1.54, 1.807) is 26.0 Å². The molecule has 0 aromatic rings. The Morgan fingerprint density at radius 3 is 2.77 bits per heavy atom. The lowest BCUT2D eigenvalue weighted by Crippen LogP contribution is -2.24. The average Bonchev–Trinajstić information content (AvgIpc) is 2.15. The first-order valence-electron chi connectivity index (χ1n) is 4.18. The SMILES string of the molecule is C=CC(C)C(F)C(=O)OC/C=C/C. The Kier molecular flexibility index (Phi) is 5.85. The monoisotopic (exact) mass is 186 g/mol. The molecule has 0 saturated heterocycles. The first kappa shape index (κ1) is 11.9. The van der Waals surface area contributed by atoms with Crippen molar-refractivity contribution in [2.24, 2.45) is 5.92 Å². The zero-order valence-electron chi connectivity index (χ0n) is 8.00. The summed E-state index contributed by atoms with van der Waals surface area (Å²) >= 11 is 0. The first-order valence-corrected chi connectivity index (χ1v) is 4.18. The molecule has 0 aromatic carbocycles. The third-order valence-corrected chi connectivity index (χ3v) is 1.62. The number of alkyl halides is 1. The van der Waals surface area contributed by atoms with E-state index >= 15 is 0 Å². The van der Waals surface area contributed by atoms with E-state index in [4.69, 9.17) is 0 Å². The molecule has 0 aliphatic rings. The smallest absolute Gasteiger partial charge is 0.341 e. The van der Waals surface area contributed by atoms with Crippen molar-refractivity contribution in [3.8, 4) is 0 Å². The lowest BCUT2D eigenvalue weighted by atomic mass is 10.1. The molecule has 0 aliphatic carbocycles. The van der Waals surface area contributed by atoms with E-state index in [-0.39, 0.29) is 6.61 Å². The second-order valence-electron chi connectivity index (χ2n) is 2.70. The number of carbonyl (C=O) groups is 1. The summed E-state index contributed by atoms with van der Waals surface area (Å²) in [6.07, 6.45) is 3.16. The molecule has 0 aromatic heterocycles. The molecule has 0 aliphatic heterocycles. The minimum Gasteiger partial charge on any atom is -0.459 e. The predicted octanol–water partition coefficient (Wildman–Crippen LogP) is 2.27. The van der Waals surface area contributed by atoms with Crippen molar-refractivity contribution in [1.82, 2.24) is 0 Å². The summed E-state index contributed by atoms with van der Waals surface area (Å²) in [5.74, 6) is -1.33. The third kappa shape index (κ3) is 4.45. The predicted molar refractivity (Wildman–Crippen MR) is 50.0 cm³/mol. The lowest BCUT2D eigenvalue weighted by Gasteiger charge is -2.10. The Labute approximate surface area is 78.1 Å². The molecule has 13 heavy (non-hydrogen) atoms. The van der Waals surface area contributed by atoms with Gasteiger partial charge in [-0.3, -0.25) is 0 Å². The standard InChI is InChI=1S/C10H15FO2/c1-4-6-7-13-10(12)9(11)8(3)5-2/h4-6,8-9H,2,7H2,1,3H3/b6-4+. The lowest BCUT2D eigenvalue weighted by molar-refractivity contribution is -0.149. The normalized spacial score (nSPS) is 15.3. The highest BCUT2D eigenvalue weighted by atomic mass is 19.1. The van der Waals surface area contributed by atoms with Crippen LogP contribution in [0.3, 0.4) is 0 Å². The van der Waals surface area contributed by atoms with Gasteiger partial charge in [0.05, 0.1) is 0 Å². The van der Waals surface area contributed by atoms with Gasteiger partial charge in [0.25, 0.3) is 0 Å². The summed E-state index contributed by atoms with van der Waals surface area (Å²) < 4.78 is 17.7. The van der Waals surface area contributed by atoms with Gasteiger partial charge >= 0.3 is 5.97 Å². The van der Waals surface area contributed by atoms with Crippen LogP contribution in [0.1, 0.15) is 13.8 Å². The number of hydrogen-bond acceptors (Lipinski definition) is 2. The number of hydrogen-bond donors (Lipinski definition) is 0. The van der Waals surface area contributed by atoms with E-state index in [2.05, 4.69) is 11.3 Å². The van der Waals surface area contributed by atoms with Gasteiger partial charge in [0.2, 0.25) is 6.17 Å². The van der Waals surface area contributed by atoms with Gasteiger partial charge in [-0.25, -0.2) is 9.18 Å². The molecule has 2 unspecified atom stereocenters. The van der Waals surface area contributed by atoms with Crippen molar-refractivity contribution >= 4 is 5.97 Å². The fourth-order valence-corrected chi connectivity index (χ4v) is 0.640. The fraction of sp³-hybridized carbons (Fsp3) is 0.500. The van der Waals surface area contributed by atoms with Gasteiger partial charge in [-0.1, -0.05) is 25.2 Å². The highest BCUT2D eigenvalue weighted by Gasteiger charge is 2.23. The van der Waals surface area contributed by atoms with Crippen LogP contribution in [0, 0.1) is 5.92 Å². The van der Waals surface area contributed by atoms with Crippen LogP contribution in [0.4, 0.5) is 4.39 Å². The minimum atomic E-state index is -1.61. The van der Waals surface area contributed by atoms with Crippen LogP contribution in [0.2, 0.25) is 0 Å². The molecule has 0 heterocycles. The van der Waals surface area contributed by atoms with Crippen LogP contribution >= 0.6 is 0 Å². The molecule has 2 atom stereocenters. The maximum atomic E-state index is 13.0. The summed E-state index contributed by atoms with van der Waals surface area (Å²) in [7, 11) is 0. The minimum absolute atomic E-state index is 0.125.